The molecule has 3 N–H and O–H groups in total. The zero-order valence-corrected chi connectivity index (χ0v) is 24.8. The van der Waals surface area contributed by atoms with E-state index in [4.69, 9.17) is 16.3 Å². The summed E-state index contributed by atoms with van der Waals surface area (Å²) in [6.45, 7) is 1.60. The van der Waals surface area contributed by atoms with Gasteiger partial charge in [0.05, 0.1) is 24.2 Å². The van der Waals surface area contributed by atoms with Crippen molar-refractivity contribution in [3.05, 3.63) is 58.1 Å². The van der Waals surface area contributed by atoms with Gasteiger partial charge in [-0.2, -0.15) is 0 Å². The van der Waals surface area contributed by atoms with Gasteiger partial charge in [0, 0.05) is 35.7 Å². The zero-order chi connectivity index (χ0) is 28.8. The number of anilines is 1. The van der Waals surface area contributed by atoms with E-state index in [1.54, 1.807) is 18.2 Å². The molecule has 2 heterocycles. The van der Waals surface area contributed by atoms with Gasteiger partial charge in [0.2, 0.25) is 10.0 Å². The molecule has 1 amide bonds. The van der Waals surface area contributed by atoms with Crippen molar-refractivity contribution in [3.8, 4) is 5.75 Å². The highest BCUT2D eigenvalue weighted by atomic mass is 35.5. The van der Waals surface area contributed by atoms with Gasteiger partial charge in [-0.05, 0) is 104 Å². The number of sulfonamides is 1. The number of aliphatic hydroxyl groups excluding tert-OH is 2. The summed E-state index contributed by atoms with van der Waals surface area (Å²) in [5, 5.41) is 21.7. The van der Waals surface area contributed by atoms with Crippen molar-refractivity contribution >= 4 is 33.2 Å². The Morgan fingerprint density at radius 1 is 1.10 bits per heavy atom. The van der Waals surface area contributed by atoms with E-state index in [2.05, 4.69) is 21.8 Å². The third kappa shape index (κ3) is 5.83. The van der Waals surface area contributed by atoms with Gasteiger partial charge in [-0.3, -0.25) is 4.79 Å². The summed E-state index contributed by atoms with van der Waals surface area (Å²) in [5.41, 5.74) is 3.25. The average molecular weight is 603 g/mol. The number of rotatable bonds is 1. The largest absolute Gasteiger partial charge is 0.490 e. The van der Waals surface area contributed by atoms with Crippen LogP contribution in [0.5, 0.6) is 5.75 Å². The summed E-state index contributed by atoms with van der Waals surface area (Å²) in [7, 11) is -3.97. The van der Waals surface area contributed by atoms with Crippen LogP contribution in [-0.2, 0) is 21.9 Å². The van der Waals surface area contributed by atoms with E-state index in [1.165, 1.54) is 11.1 Å². The molecule has 1 spiro atoms. The van der Waals surface area contributed by atoms with Crippen LogP contribution >= 0.6 is 11.6 Å². The molecule has 2 aromatic carbocycles. The number of aryl methyl sites for hydroxylation is 1. The smallest absolute Gasteiger partial charge is 0.264 e. The first kappa shape index (κ1) is 28.8. The number of hydrogen-bond donors (Lipinski definition) is 3. The molecule has 2 aliphatic carbocycles. The Labute approximate surface area is 247 Å². The maximum Gasteiger partial charge on any atom is 0.264 e. The first-order valence-electron chi connectivity index (χ1n) is 14.8. The summed E-state index contributed by atoms with van der Waals surface area (Å²) in [5.74, 6) is -0.417. The van der Waals surface area contributed by atoms with Crippen molar-refractivity contribution in [2.45, 2.75) is 62.9 Å². The summed E-state index contributed by atoms with van der Waals surface area (Å²) in [6, 6.07) is 11.3. The van der Waals surface area contributed by atoms with Gasteiger partial charge in [-0.15, -0.1) is 0 Å². The second-order valence-corrected chi connectivity index (χ2v) is 14.8. The van der Waals surface area contributed by atoms with Crippen LogP contribution in [0.25, 0.3) is 0 Å². The first-order chi connectivity index (χ1) is 19.7. The maximum absolute atomic E-state index is 13.2. The minimum atomic E-state index is -3.97. The quantitative estimate of drug-likeness (QED) is 0.451. The van der Waals surface area contributed by atoms with Crippen LogP contribution in [0.1, 0.15) is 66.4 Å². The number of ether oxygens (including phenoxy) is 1. The molecule has 6 rings (SSSR count). The first-order valence-corrected chi connectivity index (χ1v) is 16.8. The summed E-state index contributed by atoms with van der Waals surface area (Å²) >= 11 is 6.37. The molecule has 2 aliphatic heterocycles. The highest BCUT2D eigenvalue weighted by molar-refractivity contribution is 7.90. The highest BCUT2D eigenvalue weighted by Gasteiger charge is 2.44. The fourth-order valence-corrected chi connectivity index (χ4v) is 9.05. The van der Waals surface area contributed by atoms with Crippen molar-refractivity contribution in [1.82, 2.24) is 4.72 Å². The molecule has 0 radical (unpaired) electrons. The minimum Gasteiger partial charge on any atom is -0.490 e. The number of amides is 1. The number of nitrogens with zero attached hydrogens (tertiary/aromatic N) is 1. The fourth-order valence-electron chi connectivity index (χ4n) is 7.48. The van der Waals surface area contributed by atoms with Crippen LogP contribution in [0.4, 0.5) is 5.69 Å². The number of fused-ring (bicyclic) bond motifs is 4. The standard InChI is InChI=1S/C31H39ClN2O6S/c32-24-8-10-26-21(13-24)4-2-12-31(26)18-34-15-23-6-9-25(23)28(36)5-1-3-20(16-35)17-41(38,39)33-30(37)22-7-11-29(40-19-31)27(34)14-22/h7-8,10-11,13-14,20,23,25,28,35-36H,1-6,9,12,15-19H2,(H,33,37)/t20-,23+,25-,28+,31+/m1/s1. The molecule has 0 aromatic heterocycles. The Kier molecular flexibility index (Phi) is 8.00. The van der Waals surface area contributed by atoms with Crippen molar-refractivity contribution in [2.75, 3.05) is 37.0 Å². The van der Waals surface area contributed by atoms with E-state index >= 15 is 0 Å². The Hall–Kier alpha value is -2.33. The Balaban J connectivity index is 1.40. The van der Waals surface area contributed by atoms with Crippen molar-refractivity contribution < 1.29 is 28.2 Å². The Morgan fingerprint density at radius 2 is 1.95 bits per heavy atom. The molecule has 1 fully saturated rings. The molecule has 0 unspecified atom stereocenters. The third-order valence-corrected chi connectivity index (χ3v) is 11.4. The number of nitrogens with one attached hydrogen (secondary N) is 1. The lowest BCUT2D eigenvalue weighted by Crippen LogP contribution is -2.49. The lowest BCUT2D eigenvalue weighted by atomic mass is 9.68. The van der Waals surface area contributed by atoms with Crippen LogP contribution in [0.15, 0.2) is 36.4 Å². The molecular weight excluding hydrogens is 564 g/mol. The number of carbonyl (C=O) groups excluding carboxylic acids is 1. The predicted octanol–water partition coefficient (Wildman–Crippen LogP) is 4.05. The van der Waals surface area contributed by atoms with Crippen LogP contribution < -0.4 is 14.4 Å². The van der Waals surface area contributed by atoms with Crippen LogP contribution in [0.3, 0.4) is 0 Å². The summed E-state index contributed by atoms with van der Waals surface area (Å²) in [6.07, 6.45) is 6.09. The number of carbonyl (C=O) groups is 1. The highest BCUT2D eigenvalue weighted by Crippen LogP contribution is 2.47. The molecule has 1 saturated carbocycles. The molecule has 2 bridgehead atoms. The lowest BCUT2D eigenvalue weighted by molar-refractivity contribution is 0.00823. The van der Waals surface area contributed by atoms with E-state index < -0.39 is 28.0 Å². The van der Waals surface area contributed by atoms with Gasteiger partial charge < -0.3 is 19.8 Å². The van der Waals surface area contributed by atoms with E-state index in [0.717, 1.165) is 42.8 Å². The van der Waals surface area contributed by atoms with E-state index in [1.807, 2.05) is 6.07 Å². The minimum absolute atomic E-state index is 0.159. The second-order valence-electron chi connectivity index (χ2n) is 12.5. The number of halogens is 1. The topological polar surface area (TPSA) is 116 Å². The Morgan fingerprint density at radius 3 is 2.73 bits per heavy atom. The Bertz CT molecular complexity index is 1420. The molecule has 10 heteroatoms. The van der Waals surface area contributed by atoms with Crippen molar-refractivity contribution in [3.63, 3.8) is 0 Å². The summed E-state index contributed by atoms with van der Waals surface area (Å²) in [4.78, 5) is 15.5. The molecule has 0 saturated heterocycles. The zero-order valence-electron chi connectivity index (χ0n) is 23.2. The van der Waals surface area contributed by atoms with E-state index in [0.29, 0.717) is 50.6 Å². The lowest BCUT2D eigenvalue weighted by Gasteiger charge is -2.45. The third-order valence-electron chi connectivity index (χ3n) is 9.80. The van der Waals surface area contributed by atoms with Crippen LogP contribution in [0.2, 0.25) is 5.02 Å². The second kappa shape index (κ2) is 11.4. The van der Waals surface area contributed by atoms with E-state index in [-0.39, 0.29) is 29.3 Å². The molecular formula is C31H39ClN2O6S. The molecule has 5 atom stereocenters. The summed E-state index contributed by atoms with van der Waals surface area (Å²) < 4.78 is 34.4. The molecule has 2 aromatic rings. The van der Waals surface area contributed by atoms with Gasteiger partial charge in [0.15, 0.2) is 0 Å². The fraction of sp³-hybridized carbons (Fsp3) is 0.581. The molecule has 41 heavy (non-hydrogen) atoms. The predicted molar refractivity (Wildman–Crippen MR) is 158 cm³/mol. The van der Waals surface area contributed by atoms with Gasteiger partial charge in [0.25, 0.3) is 5.91 Å². The van der Waals surface area contributed by atoms with Gasteiger partial charge >= 0.3 is 0 Å². The molecule has 8 nitrogen and oxygen atoms in total. The number of aliphatic hydroxyl groups is 2. The molecule has 222 valence electrons. The van der Waals surface area contributed by atoms with Gasteiger partial charge in [0.1, 0.15) is 5.75 Å². The maximum atomic E-state index is 13.2. The normalized spacial score (nSPS) is 31.6. The monoisotopic (exact) mass is 602 g/mol. The SMILES string of the molecule is O=C1NS(=O)(=O)C[C@@H](CO)CCC[C@H](O)[C@@H]2CC[C@H]2CN2C[C@@]3(CCCc4cc(Cl)ccc43)COc3ccc1cc32. The van der Waals surface area contributed by atoms with Crippen molar-refractivity contribution in [1.29, 1.82) is 0 Å². The van der Waals surface area contributed by atoms with Crippen LogP contribution in [0, 0.1) is 17.8 Å². The van der Waals surface area contributed by atoms with Gasteiger partial charge in [-0.25, -0.2) is 13.1 Å². The average Bonchev–Trinajstić information content (AvgIpc) is 3.06. The van der Waals surface area contributed by atoms with Gasteiger partial charge in [-0.1, -0.05) is 24.1 Å². The van der Waals surface area contributed by atoms with Crippen molar-refractivity contribution in [2.24, 2.45) is 17.8 Å². The van der Waals surface area contributed by atoms with Crippen LogP contribution in [-0.4, -0.2) is 62.7 Å². The molecule has 4 aliphatic rings. The van der Waals surface area contributed by atoms with E-state index in [9.17, 15) is 23.4 Å². The number of benzene rings is 2. The number of hydrogen-bond acceptors (Lipinski definition) is 7.